The van der Waals surface area contributed by atoms with E-state index in [9.17, 15) is 0 Å². The maximum atomic E-state index is 6.10. The Kier molecular flexibility index (Phi) is 3.30. The van der Waals surface area contributed by atoms with Crippen molar-refractivity contribution in [2.45, 2.75) is 20.4 Å². The van der Waals surface area contributed by atoms with Crippen LogP contribution in [0.1, 0.15) is 16.8 Å². The number of aromatic amines is 1. The molecule has 0 fully saturated rings. The fourth-order valence-electron chi connectivity index (χ4n) is 2.98. The van der Waals surface area contributed by atoms with Crippen LogP contribution < -0.4 is 11.1 Å². The zero-order valence-corrected chi connectivity index (χ0v) is 13.6. The van der Waals surface area contributed by atoms with Gasteiger partial charge in [0.25, 0.3) is 0 Å². The summed E-state index contributed by atoms with van der Waals surface area (Å²) in [5, 5.41) is 5.24. The van der Waals surface area contributed by atoms with E-state index >= 15 is 0 Å². The lowest BCUT2D eigenvalue weighted by Crippen LogP contribution is -2.07. The van der Waals surface area contributed by atoms with Crippen LogP contribution >= 0.6 is 0 Å². The lowest BCUT2D eigenvalue weighted by molar-refractivity contribution is 1.06. The maximum absolute atomic E-state index is 6.10. The minimum Gasteiger partial charge on any atom is -0.383 e. The number of nitrogens with zero attached hydrogens (tertiary/aromatic N) is 3. The molecule has 6 nitrogen and oxygen atoms in total. The van der Waals surface area contributed by atoms with Crippen LogP contribution in [0, 0.1) is 13.8 Å². The van der Waals surface area contributed by atoms with Gasteiger partial charge in [0.1, 0.15) is 5.82 Å². The van der Waals surface area contributed by atoms with E-state index in [1.807, 2.05) is 26.1 Å². The molecule has 0 atom stereocenters. The highest BCUT2D eigenvalue weighted by Gasteiger charge is 2.10. The van der Waals surface area contributed by atoms with E-state index < -0.39 is 0 Å². The number of aromatic nitrogens is 4. The lowest BCUT2D eigenvalue weighted by atomic mass is 10.1. The molecule has 3 aromatic heterocycles. The van der Waals surface area contributed by atoms with E-state index in [1.54, 1.807) is 0 Å². The Balaban J connectivity index is 1.64. The number of pyridine rings is 1. The predicted octanol–water partition coefficient (Wildman–Crippen LogP) is 3.32. The van der Waals surface area contributed by atoms with Crippen molar-refractivity contribution in [3.8, 4) is 0 Å². The standard InChI is InChI=1S/C18H18N6/c1-10-7-11(2)22-17-15(10)16(19)23-18(24-17)21-9-12-3-4-14-13(8-12)5-6-20-14/h3-8,20H,9H2,1-2H3,(H3,19,21,22,23,24). The normalized spacial score (nSPS) is 11.2. The van der Waals surface area contributed by atoms with Crippen molar-refractivity contribution in [2.75, 3.05) is 11.1 Å². The van der Waals surface area contributed by atoms with E-state index in [1.165, 1.54) is 5.39 Å². The molecule has 0 aliphatic rings. The van der Waals surface area contributed by atoms with Crippen molar-refractivity contribution in [1.29, 1.82) is 0 Å². The fraction of sp³-hybridized carbons (Fsp3) is 0.167. The van der Waals surface area contributed by atoms with Gasteiger partial charge in [-0.2, -0.15) is 9.97 Å². The molecule has 0 saturated heterocycles. The van der Waals surface area contributed by atoms with Crippen LogP contribution in [0.15, 0.2) is 36.5 Å². The Bertz CT molecular complexity index is 1050. The van der Waals surface area contributed by atoms with Crippen molar-refractivity contribution in [3.05, 3.63) is 53.3 Å². The molecule has 0 unspecified atom stereocenters. The maximum Gasteiger partial charge on any atom is 0.226 e. The van der Waals surface area contributed by atoms with E-state index in [0.29, 0.717) is 24.0 Å². The van der Waals surface area contributed by atoms with Gasteiger partial charge in [-0.25, -0.2) is 4.98 Å². The molecule has 1 aromatic carbocycles. The molecule has 4 N–H and O–H groups in total. The number of fused-ring (bicyclic) bond motifs is 2. The van der Waals surface area contributed by atoms with Gasteiger partial charge in [0.05, 0.1) is 5.39 Å². The molecule has 24 heavy (non-hydrogen) atoms. The van der Waals surface area contributed by atoms with E-state index in [4.69, 9.17) is 5.73 Å². The summed E-state index contributed by atoms with van der Waals surface area (Å²) < 4.78 is 0. The Hall–Kier alpha value is -3.15. The smallest absolute Gasteiger partial charge is 0.226 e. The Labute approximate surface area is 139 Å². The van der Waals surface area contributed by atoms with Gasteiger partial charge in [-0.3, -0.25) is 0 Å². The number of H-pyrrole nitrogens is 1. The first-order valence-electron chi connectivity index (χ1n) is 7.81. The van der Waals surface area contributed by atoms with Gasteiger partial charge in [-0.05, 0) is 54.6 Å². The molecule has 0 aliphatic heterocycles. The molecule has 6 heteroatoms. The number of benzene rings is 1. The molecule has 120 valence electrons. The summed E-state index contributed by atoms with van der Waals surface area (Å²) in [6, 6.07) is 10.3. The molecule has 0 spiro atoms. The summed E-state index contributed by atoms with van der Waals surface area (Å²) in [6.07, 6.45) is 1.94. The highest BCUT2D eigenvalue weighted by molar-refractivity contribution is 5.89. The molecule has 0 aliphatic carbocycles. The number of anilines is 2. The number of rotatable bonds is 3. The third kappa shape index (κ3) is 2.52. The first kappa shape index (κ1) is 14.4. The van der Waals surface area contributed by atoms with Gasteiger partial charge < -0.3 is 16.0 Å². The molecule has 0 bridgehead atoms. The van der Waals surface area contributed by atoms with Crippen LogP contribution in [0.3, 0.4) is 0 Å². The quantitative estimate of drug-likeness (QED) is 0.539. The van der Waals surface area contributed by atoms with Crippen LogP contribution in [0.2, 0.25) is 0 Å². The van der Waals surface area contributed by atoms with Gasteiger partial charge in [0, 0.05) is 24.0 Å². The average molecular weight is 318 g/mol. The summed E-state index contributed by atoms with van der Waals surface area (Å²) in [5.74, 6) is 0.945. The van der Waals surface area contributed by atoms with Crippen LogP contribution in [0.5, 0.6) is 0 Å². The Morgan fingerprint density at radius 1 is 1.08 bits per heavy atom. The summed E-state index contributed by atoms with van der Waals surface area (Å²) in [6.45, 7) is 4.57. The molecular formula is C18H18N6. The monoisotopic (exact) mass is 318 g/mol. The first-order valence-corrected chi connectivity index (χ1v) is 7.81. The first-order chi connectivity index (χ1) is 11.6. The Morgan fingerprint density at radius 3 is 2.83 bits per heavy atom. The lowest BCUT2D eigenvalue weighted by Gasteiger charge is -2.10. The summed E-state index contributed by atoms with van der Waals surface area (Å²) >= 11 is 0. The van der Waals surface area contributed by atoms with Crippen molar-refractivity contribution in [1.82, 2.24) is 19.9 Å². The Morgan fingerprint density at radius 2 is 1.96 bits per heavy atom. The number of aryl methyl sites for hydroxylation is 2. The van der Waals surface area contributed by atoms with Crippen molar-refractivity contribution >= 4 is 33.7 Å². The van der Waals surface area contributed by atoms with Crippen LogP contribution in [-0.4, -0.2) is 19.9 Å². The topological polar surface area (TPSA) is 92.5 Å². The van der Waals surface area contributed by atoms with Crippen molar-refractivity contribution in [3.63, 3.8) is 0 Å². The third-order valence-electron chi connectivity index (χ3n) is 4.09. The van der Waals surface area contributed by atoms with Gasteiger partial charge in [-0.15, -0.1) is 0 Å². The second-order valence-electron chi connectivity index (χ2n) is 5.96. The van der Waals surface area contributed by atoms with Crippen LogP contribution in [-0.2, 0) is 6.54 Å². The zero-order chi connectivity index (χ0) is 16.7. The molecule has 3 heterocycles. The highest BCUT2D eigenvalue weighted by atomic mass is 15.1. The van der Waals surface area contributed by atoms with Gasteiger partial charge in [0.15, 0.2) is 5.65 Å². The van der Waals surface area contributed by atoms with E-state index in [2.05, 4.69) is 49.5 Å². The summed E-state index contributed by atoms with van der Waals surface area (Å²) in [5.41, 5.74) is 11.0. The molecule has 0 saturated carbocycles. The SMILES string of the molecule is Cc1cc(C)c2c(N)nc(NCc3ccc4[nH]ccc4c3)nc2n1. The zero-order valence-electron chi connectivity index (χ0n) is 13.6. The second kappa shape index (κ2) is 5.49. The highest BCUT2D eigenvalue weighted by Crippen LogP contribution is 2.23. The molecule has 0 amide bonds. The number of nitrogen functional groups attached to an aromatic ring is 1. The third-order valence-corrected chi connectivity index (χ3v) is 4.09. The van der Waals surface area contributed by atoms with Gasteiger partial charge in [0.2, 0.25) is 5.95 Å². The summed E-state index contributed by atoms with van der Waals surface area (Å²) in [4.78, 5) is 16.5. The molecule has 0 radical (unpaired) electrons. The minimum absolute atomic E-state index is 0.452. The number of nitrogens with two attached hydrogens (primary N) is 1. The number of hydrogen-bond donors (Lipinski definition) is 3. The fourth-order valence-corrected chi connectivity index (χ4v) is 2.98. The molecule has 4 aromatic rings. The van der Waals surface area contributed by atoms with E-state index in [0.717, 1.165) is 27.7 Å². The predicted molar refractivity (Wildman–Crippen MR) is 96.8 cm³/mol. The largest absolute Gasteiger partial charge is 0.383 e. The van der Waals surface area contributed by atoms with Crippen molar-refractivity contribution in [2.24, 2.45) is 0 Å². The summed E-state index contributed by atoms with van der Waals surface area (Å²) in [7, 11) is 0. The van der Waals surface area contributed by atoms with Crippen LogP contribution in [0.25, 0.3) is 21.9 Å². The molecular weight excluding hydrogens is 300 g/mol. The van der Waals surface area contributed by atoms with Crippen molar-refractivity contribution < 1.29 is 0 Å². The van der Waals surface area contributed by atoms with Gasteiger partial charge >= 0.3 is 0 Å². The number of hydrogen-bond acceptors (Lipinski definition) is 5. The minimum atomic E-state index is 0.452. The molecule has 4 rings (SSSR count). The van der Waals surface area contributed by atoms with Crippen LogP contribution in [0.4, 0.5) is 11.8 Å². The van der Waals surface area contributed by atoms with E-state index in [-0.39, 0.29) is 0 Å². The second-order valence-corrected chi connectivity index (χ2v) is 5.96. The van der Waals surface area contributed by atoms with Gasteiger partial charge in [-0.1, -0.05) is 6.07 Å². The number of nitrogens with one attached hydrogen (secondary N) is 2. The average Bonchev–Trinajstić information content (AvgIpc) is 2.99.